The average molecular weight is 281 g/mol. The summed E-state index contributed by atoms with van der Waals surface area (Å²) in [4.78, 5) is 8.60. The van der Waals surface area contributed by atoms with Crippen LogP contribution in [0.15, 0.2) is 0 Å². The summed E-state index contributed by atoms with van der Waals surface area (Å²) in [5.74, 6) is 0.811. The number of nitrogens with zero attached hydrogens (tertiary/aromatic N) is 2. The van der Waals surface area contributed by atoms with Gasteiger partial charge in [0.05, 0.1) is 10.7 Å². The molecule has 2 heterocycles. The van der Waals surface area contributed by atoms with Gasteiger partial charge in [-0.05, 0) is 59.5 Å². The third kappa shape index (κ3) is 4.26. The minimum atomic E-state index is 0.601. The molecule has 2 rings (SSSR count). The van der Waals surface area contributed by atoms with E-state index in [4.69, 9.17) is 0 Å². The SMILES string of the molecule is Cc1nc(C)c(CN(CC2CCCNC2)C(C)C)s1. The molecule has 4 heteroatoms. The fourth-order valence-electron chi connectivity index (χ4n) is 2.77. The standard InChI is InChI=1S/C15H27N3S/c1-11(2)18(9-14-6-5-7-16-8-14)10-15-12(3)17-13(4)19-15/h11,14,16H,5-10H2,1-4H3. The molecule has 0 radical (unpaired) electrons. The summed E-state index contributed by atoms with van der Waals surface area (Å²) < 4.78 is 0. The summed E-state index contributed by atoms with van der Waals surface area (Å²) in [5, 5.41) is 4.71. The topological polar surface area (TPSA) is 28.2 Å². The van der Waals surface area contributed by atoms with Crippen LogP contribution in [-0.4, -0.2) is 35.6 Å². The molecule has 0 aromatic carbocycles. The molecule has 1 N–H and O–H groups in total. The van der Waals surface area contributed by atoms with E-state index in [1.54, 1.807) is 0 Å². The molecule has 1 saturated heterocycles. The first-order valence-electron chi connectivity index (χ1n) is 7.44. The number of hydrogen-bond donors (Lipinski definition) is 1. The summed E-state index contributed by atoms with van der Waals surface area (Å²) in [5.41, 5.74) is 1.22. The Hall–Kier alpha value is -0.450. The number of aromatic nitrogens is 1. The maximum absolute atomic E-state index is 4.55. The van der Waals surface area contributed by atoms with Crippen molar-refractivity contribution in [2.75, 3.05) is 19.6 Å². The van der Waals surface area contributed by atoms with Crippen LogP contribution < -0.4 is 5.32 Å². The van der Waals surface area contributed by atoms with Crippen molar-refractivity contribution in [1.29, 1.82) is 0 Å². The fourth-order valence-corrected chi connectivity index (χ4v) is 3.74. The Morgan fingerprint density at radius 3 is 2.74 bits per heavy atom. The van der Waals surface area contributed by atoms with Gasteiger partial charge < -0.3 is 5.32 Å². The number of nitrogens with one attached hydrogen (secondary N) is 1. The number of thiazole rings is 1. The number of hydrogen-bond acceptors (Lipinski definition) is 4. The van der Waals surface area contributed by atoms with Crippen LogP contribution in [0, 0.1) is 19.8 Å². The van der Waals surface area contributed by atoms with E-state index >= 15 is 0 Å². The Bertz CT molecular complexity index is 394. The zero-order valence-corrected chi connectivity index (χ0v) is 13.5. The lowest BCUT2D eigenvalue weighted by molar-refractivity contribution is 0.165. The van der Waals surface area contributed by atoms with Gasteiger partial charge in [-0.15, -0.1) is 11.3 Å². The van der Waals surface area contributed by atoms with Crippen molar-refractivity contribution in [2.24, 2.45) is 5.92 Å². The first-order valence-corrected chi connectivity index (χ1v) is 8.25. The average Bonchev–Trinajstić information content (AvgIpc) is 2.68. The predicted octanol–water partition coefficient (Wildman–Crippen LogP) is 2.97. The first kappa shape index (κ1) is 14.9. The molecule has 1 aliphatic heterocycles. The highest BCUT2D eigenvalue weighted by Crippen LogP contribution is 2.22. The van der Waals surface area contributed by atoms with E-state index in [0.29, 0.717) is 6.04 Å². The molecule has 0 saturated carbocycles. The van der Waals surface area contributed by atoms with Gasteiger partial charge >= 0.3 is 0 Å². The highest BCUT2D eigenvalue weighted by molar-refractivity contribution is 7.11. The number of aryl methyl sites for hydroxylation is 2. The molecule has 0 spiro atoms. The molecule has 1 fully saturated rings. The second-order valence-electron chi connectivity index (χ2n) is 5.98. The van der Waals surface area contributed by atoms with Crippen molar-refractivity contribution in [3.05, 3.63) is 15.6 Å². The lowest BCUT2D eigenvalue weighted by Gasteiger charge is -2.32. The summed E-state index contributed by atoms with van der Waals surface area (Å²) in [6.07, 6.45) is 2.70. The van der Waals surface area contributed by atoms with E-state index in [9.17, 15) is 0 Å². The molecule has 0 aliphatic carbocycles. The van der Waals surface area contributed by atoms with Crippen LogP contribution in [0.5, 0.6) is 0 Å². The molecule has 0 bridgehead atoms. The van der Waals surface area contributed by atoms with Gasteiger partial charge in [0.2, 0.25) is 0 Å². The molecule has 1 atom stereocenters. The third-order valence-corrected chi connectivity index (χ3v) is 5.03. The minimum absolute atomic E-state index is 0.601. The second kappa shape index (κ2) is 6.82. The molecule has 3 nitrogen and oxygen atoms in total. The Kier molecular flexibility index (Phi) is 5.37. The highest BCUT2D eigenvalue weighted by Gasteiger charge is 2.20. The van der Waals surface area contributed by atoms with E-state index < -0.39 is 0 Å². The maximum atomic E-state index is 4.55. The van der Waals surface area contributed by atoms with Gasteiger partial charge in [0, 0.05) is 24.0 Å². The van der Waals surface area contributed by atoms with Gasteiger partial charge in [0.25, 0.3) is 0 Å². The summed E-state index contributed by atoms with van der Waals surface area (Å²) in [6, 6.07) is 0.601. The van der Waals surface area contributed by atoms with Crippen LogP contribution in [0.2, 0.25) is 0 Å². The van der Waals surface area contributed by atoms with Gasteiger partial charge in [-0.25, -0.2) is 4.98 Å². The minimum Gasteiger partial charge on any atom is -0.316 e. The summed E-state index contributed by atoms with van der Waals surface area (Å²) in [7, 11) is 0. The highest BCUT2D eigenvalue weighted by atomic mass is 32.1. The predicted molar refractivity (Wildman–Crippen MR) is 82.7 cm³/mol. The molecule has 108 valence electrons. The third-order valence-electron chi connectivity index (χ3n) is 3.97. The molecule has 1 unspecified atom stereocenters. The Morgan fingerprint density at radius 1 is 1.42 bits per heavy atom. The van der Waals surface area contributed by atoms with Crippen molar-refractivity contribution >= 4 is 11.3 Å². The van der Waals surface area contributed by atoms with Gasteiger partial charge in [0.1, 0.15) is 0 Å². The summed E-state index contributed by atoms with van der Waals surface area (Å²) >= 11 is 1.85. The van der Waals surface area contributed by atoms with Crippen LogP contribution in [0.1, 0.15) is 42.3 Å². The Labute approximate surface area is 121 Å². The first-order chi connectivity index (χ1) is 9.06. The molecule has 1 aromatic rings. The second-order valence-corrected chi connectivity index (χ2v) is 7.26. The Morgan fingerprint density at radius 2 is 2.21 bits per heavy atom. The van der Waals surface area contributed by atoms with Gasteiger partial charge in [-0.3, -0.25) is 4.90 Å². The van der Waals surface area contributed by atoms with Crippen LogP contribution in [0.25, 0.3) is 0 Å². The van der Waals surface area contributed by atoms with E-state index in [0.717, 1.165) is 12.5 Å². The largest absolute Gasteiger partial charge is 0.316 e. The molecule has 19 heavy (non-hydrogen) atoms. The van der Waals surface area contributed by atoms with Gasteiger partial charge in [-0.2, -0.15) is 0 Å². The van der Waals surface area contributed by atoms with Gasteiger partial charge in [0.15, 0.2) is 0 Å². The quantitative estimate of drug-likeness (QED) is 0.899. The molecule has 1 aliphatic rings. The van der Waals surface area contributed by atoms with Crippen molar-refractivity contribution in [1.82, 2.24) is 15.2 Å². The number of piperidine rings is 1. The van der Waals surface area contributed by atoms with E-state index in [2.05, 4.69) is 42.9 Å². The lowest BCUT2D eigenvalue weighted by atomic mass is 9.98. The van der Waals surface area contributed by atoms with E-state index in [1.165, 1.54) is 48.1 Å². The number of rotatable bonds is 5. The molecule has 1 aromatic heterocycles. The lowest BCUT2D eigenvalue weighted by Crippen LogP contribution is -2.40. The zero-order valence-electron chi connectivity index (χ0n) is 12.7. The van der Waals surface area contributed by atoms with Crippen LogP contribution >= 0.6 is 11.3 Å². The summed E-state index contributed by atoms with van der Waals surface area (Å²) in [6.45, 7) is 13.5. The normalized spacial score (nSPS) is 20.4. The van der Waals surface area contributed by atoms with Crippen molar-refractivity contribution in [2.45, 2.75) is 53.1 Å². The smallest absolute Gasteiger partial charge is 0.0900 e. The fraction of sp³-hybridized carbons (Fsp3) is 0.800. The molecular formula is C15H27N3S. The maximum Gasteiger partial charge on any atom is 0.0900 e. The van der Waals surface area contributed by atoms with Crippen molar-refractivity contribution < 1.29 is 0 Å². The van der Waals surface area contributed by atoms with E-state index in [1.807, 2.05) is 11.3 Å². The molecular weight excluding hydrogens is 254 g/mol. The monoisotopic (exact) mass is 281 g/mol. The van der Waals surface area contributed by atoms with Crippen LogP contribution in [0.4, 0.5) is 0 Å². The van der Waals surface area contributed by atoms with Crippen LogP contribution in [-0.2, 0) is 6.54 Å². The van der Waals surface area contributed by atoms with E-state index in [-0.39, 0.29) is 0 Å². The molecule has 0 amide bonds. The zero-order chi connectivity index (χ0) is 13.8. The van der Waals surface area contributed by atoms with Crippen molar-refractivity contribution in [3.63, 3.8) is 0 Å². The van der Waals surface area contributed by atoms with Crippen molar-refractivity contribution in [3.8, 4) is 0 Å². The Balaban J connectivity index is 1.97. The van der Waals surface area contributed by atoms with Gasteiger partial charge in [-0.1, -0.05) is 0 Å². The van der Waals surface area contributed by atoms with Crippen LogP contribution in [0.3, 0.4) is 0 Å².